The van der Waals surface area contributed by atoms with Gasteiger partial charge in [-0.1, -0.05) is 39.5 Å². The lowest BCUT2D eigenvalue weighted by molar-refractivity contribution is -0.136. The molecule has 2 saturated carbocycles. The van der Waals surface area contributed by atoms with Crippen molar-refractivity contribution < 1.29 is 4.79 Å². The normalized spacial score (nSPS) is 22.9. The minimum atomic E-state index is 0. The van der Waals surface area contributed by atoms with Gasteiger partial charge < -0.3 is 25.8 Å². The number of likely N-dealkylation sites (tertiary alicyclic amines) is 1. The van der Waals surface area contributed by atoms with Crippen LogP contribution in [0.3, 0.4) is 0 Å². The molecule has 0 spiro atoms. The SMILES string of the molecule is CCCCC(CC)C(=O)N1CCC(Nc2nc(N[C@H]3CC[C@H](N)CC3)nc3c2ncn3C2CCCC2)CC1.Cl.Cl. The molecule has 11 heteroatoms. The van der Waals surface area contributed by atoms with Crippen molar-refractivity contribution in [3.8, 4) is 0 Å². The summed E-state index contributed by atoms with van der Waals surface area (Å²) in [5.74, 6) is 2.02. The molecule has 2 aromatic rings. The van der Waals surface area contributed by atoms with Crippen LogP contribution in [0.5, 0.6) is 0 Å². The predicted molar refractivity (Wildman–Crippen MR) is 168 cm³/mol. The molecule has 4 N–H and O–H groups in total. The van der Waals surface area contributed by atoms with E-state index < -0.39 is 0 Å². The van der Waals surface area contributed by atoms with E-state index in [0.29, 0.717) is 30.0 Å². The van der Waals surface area contributed by atoms with Gasteiger partial charge in [0, 0.05) is 43.2 Å². The number of imidazole rings is 1. The Morgan fingerprint density at radius 2 is 1.65 bits per heavy atom. The fourth-order valence-electron chi connectivity index (χ4n) is 6.63. The van der Waals surface area contributed by atoms with Gasteiger partial charge in [-0.25, -0.2) is 4.98 Å². The number of carbonyl (C=O) groups excluding carboxylic acids is 1. The highest BCUT2D eigenvalue weighted by Crippen LogP contribution is 2.34. The van der Waals surface area contributed by atoms with Gasteiger partial charge in [-0.05, 0) is 64.2 Å². The fourth-order valence-corrected chi connectivity index (χ4v) is 6.63. The highest BCUT2D eigenvalue weighted by atomic mass is 35.5. The molecule has 9 nitrogen and oxygen atoms in total. The molecular weight excluding hydrogens is 547 g/mol. The molecule has 1 atom stereocenters. The van der Waals surface area contributed by atoms with E-state index in [0.717, 1.165) is 94.3 Å². The van der Waals surface area contributed by atoms with Crippen molar-refractivity contribution in [2.75, 3.05) is 23.7 Å². The maximum atomic E-state index is 13.1. The number of nitrogens with two attached hydrogens (primary N) is 1. The first-order valence-corrected chi connectivity index (χ1v) is 15.4. The zero-order chi connectivity index (χ0) is 26.5. The van der Waals surface area contributed by atoms with Crippen molar-refractivity contribution in [3.63, 3.8) is 0 Å². The van der Waals surface area contributed by atoms with Crippen molar-refractivity contribution in [2.45, 2.75) is 128 Å². The number of unbranched alkanes of at least 4 members (excludes halogenated alkanes) is 1. The van der Waals surface area contributed by atoms with Crippen molar-refractivity contribution in [2.24, 2.45) is 11.7 Å². The lowest BCUT2D eigenvalue weighted by Gasteiger charge is -2.34. The zero-order valence-corrected chi connectivity index (χ0v) is 25.9. The lowest BCUT2D eigenvalue weighted by atomic mass is 9.92. The van der Waals surface area contributed by atoms with Gasteiger partial charge in [0.2, 0.25) is 11.9 Å². The van der Waals surface area contributed by atoms with E-state index in [2.05, 4.69) is 33.9 Å². The van der Waals surface area contributed by atoms with E-state index in [1.54, 1.807) is 0 Å². The van der Waals surface area contributed by atoms with Crippen LogP contribution in [-0.4, -0.2) is 61.5 Å². The Morgan fingerprint density at radius 3 is 2.30 bits per heavy atom. The van der Waals surface area contributed by atoms with Crippen LogP contribution in [0.1, 0.15) is 110 Å². The van der Waals surface area contributed by atoms with Crippen LogP contribution in [0.2, 0.25) is 0 Å². The van der Waals surface area contributed by atoms with Crippen LogP contribution < -0.4 is 16.4 Å². The molecule has 3 aliphatic rings. The van der Waals surface area contributed by atoms with Crippen LogP contribution in [0, 0.1) is 5.92 Å². The van der Waals surface area contributed by atoms with Crippen molar-refractivity contribution >= 4 is 53.7 Å². The van der Waals surface area contributed by atoms with Gasteiger partial charge in [0.05, 0.1) is 6.33 Å². The molecule has 1 aliphatic heterocycles. The number of carbonyl (C=O) groups is 1. The van der Waals surface area contributed by atoms with Crippen LogP contribution in [0.15, 0.2) is 6.33 Å². The van der Waals surface area contributed by atoms with Crippen LogP contribution >= 0.6 is 24.8 Å². The number of amides is 1. The second-order valence-electron chi connectivity index (χ2n) is 11.9. The maximum Gasteiger partial charge on any atom is 0.227 e. The molecule has 226 valence electrons. The second kappa shape index (κ2) is 15.4. The summed E-state index contributed by atoms with van der Waals surface area (Å²) in [6.07, 6.45) is 17.1. The molecule has 1 amide bonds. The summed E-state index contributed by atoms with van der Waals surface area (Å²) in [4.78, 5) is 29.9. The summed E-state index contributed by atoms with van der Waals surface area (Å²) >= 11 is 0. The van der Waals surface area contributed by atoms with Crippen molar-refractivity contribution in [1.29, 1.82) is 0 Å². The molecule has 2 aromatic heterocycles. The number of halogens is 2. The third-order valence-corrected chi connectivity index (χ3v) is 9.14. The van der Waals surface area contributed by atoms with Gasteiger partial charge in [0.25, 0.3) is 0 Å². The van der Waals surface area contributed by atoms with Crippen LogP contribution in [0.4, 0.5) is 11.8 Å². The molecule has 3 fully saturated rings. The molecule has 40 heavy (non-hydrogen) atoms. The van der Waals surface area contributed by atoms with Gasteiger partial charge in [0.1, 0.15) is 0 Å². The summed E-state index contributed by atoms with van der Waals surface area (Å²) in [5.41, 5.74) is 7.93. The summed E-state index contributed by atoms with van der Waals surface area (Å²) in [5, 5.41) is 7.35. The molecule has 0 aromatic carbocycles. The monoisotopic (exact) mass is 596 g/mol. The summed E-state index contributed by atoms with van der Waals surface area (Å²) in [6, 6.07) is 1.41. The Morgan fingerprint density at radius 1 is 0.975 bits per heavy atom. The number of hydrogen-bond acceptors (Lipinski definition) is 7. The number of nitrogens with zero attached hydrogens (tertiary/aromatic N) is 5. The van der Waals surface area contributed by atoms with E-state index in [1.165, 1.54) is 25.7 Å². The van der Waals surface area contributed by atoms with E-state index in [9.17, 15) is 4.79 Å². The molecule has 5 rings (SSSR count). The largest absolute Gasteiger partial charge is 0.365 e. The third-order valence-electron chi connectivity index (χ3n) is 9.14. The first kappa shape index (κ1) is 32.7. The highest BCUT2D eigenvalue weighted by Gasteiger charge is 2.29. The molecule has 1 unspecified atom stereocenters. The topological polar surface area (TPSA) is 114 Å². The maximum absolute atomic E-state index is 13.1. The number of hydrogen-bond donors (Lipinski definition) is 3. The van der Waals surface area contributed by atoms with Gasteiger partial charge in [-0.3, -0.25) is 4.79 Å². The molecule has 0 radical (unpaired) electrons. The Hall–Kier alpha value is -1.84. The van der Waals surface area contributed by atoms with E-state index >= 15 is 0 Å². The van der Waals surface area contributed by atoms with Crippen LogP contribution in [-0.2, 0) is 4.79 Å². The van der Waals surface area contributed by atoms with Crippen molar-refractivity contribution in [3.05, 3.63) is 6.33 Å². The van der Waals surface area contributed by atoms with E-state index in [-0.39, 0.29) is 36.8 Å². The smallest absolute Gasteiger partial charge is 0.227 e. The first-order valence-electron chi connectivity index (χ1n) is 15.4. The minimum absolute atomic E-state index is 0. The average Bonchev–Trinajstić information content (AvgIpc) is 3.61. The van der Waals surface area contributed by atoms with Gasteiger partial charge in [0.15, 0.2) is 17.0 Å². The van der Waals surface area contributed by atoms with Crippen LogP contribution in [0.25, 0.3) is 11.2 Å². The zero-order valence-electron chi connectivity index (χ0n) is 24.3. The second-order valence-corrected chi connectivity index (χ2v) is 11.9. The van der Waals surface area contributed by atoms with Gasteiger partial charge in [-0.2, -0.15) is 9.97 Å². The Bertz CT molecular complexity index is 1060. The standard InChI is InChI=1S/C29H48N8O.2ClH/c1-3-5-8-20(4-2)28(38)36-17-15-23(16-18-36)32-26-25-27(37(19-31-25)24-9-6-7-10-24)35-29(34-26)33-22-13-11-21(30)12-14-22;;/h19-24H,3-18,30H2,1-2H3,(H2,32,33,34,35);2*1H/t20?,21-,22-;;. The highest BCUT2D eigenvalue weighted by molar-refractivity contribution is 5.86. The third kappa shape index (κ3) is 7.71. The van der Waals surface area contributed by atoms with E-state index in [4.69, 9.17) is 20.7 Å². The lowest BCUT2D eigenvalue weighted by Crippen LogP contribution is -2.44. The number of rotatable bonds is 10. The number of aromatic nitrogens is 4. The molecule has 3 heterocycles. The minimum Gasteiger partial charge on any atom is -0.365 e. The summed E-state index contributed by atoms with van der Waals surface area (Å²) < 4.78 is 2.28. The number of anilines is 2. The van der Waals surface area contributed by atoms with E-state index in [1.807, 2.05) is 6.33 Å². The fraction of sp³-hybridized carbons (Fsp3) is 0.793. The molecular formula is C29H50Cl2N8O. The van der Waals surface area contributed by atoms with Crippen molar-refractivity contribution in [1.82, 2.24) is 24.4 Å². The Kier molecular flexibility index (Phi) is 12.6. The number of fused-ring (bicyclic) bond motifs is 1. The molecule has 2 aliphatic carbocycles. The quantitative estimate of drug-likeness (QED) is 0.304. The first-order chi connectivity index (χ1) is 18.6. The van der Waals surface area contributed by atoms with Gasteiger partial charge >= 0.3 is 0 Å². The average molecular weight is 598 g/mol. The number of nitrogens with one attached hydrogen (secondary N) is 2. The number of piperidine rings is 1. The Balaban J connectivity index is 0.00000220. The predicted octanol–water partition coefficient (Wildman–Crippen LogP) is 6.09. The summed E-state index contributed by atoms with van der Waals surface area (Å²) in [6.45, 7) is 5.94. The molecule has 1 saturated heterocycles. The Labute approximate surface area is 252 Å². The summed E-state index contributed by atoms with van der Waals surface area (Å²) in [7, 11) is 0. The van der Waals surface area contributed by atoms with Gasteiger partial charge in [-0.15, -0.1) is 24.8 Å². The molecule has 0 bridgehead atoms.